The van der Waals surface area contributed by atoms with E-state index in [1.54, 1.807) is 6.07 Å². The molecular weight excluding hydrogens is 216 g/mol. The summed E-state index contributed by atoms with van der Waals surface area (Å²) >= 11 is 0. The molecule has 0 fully saturated rings. The molecule has 1 aromatic rings. The van der Waals surface area contributed by atoms with Gasteiger partial charge in [0.2, 0.25) is 0 Å². The zero-order valence-corrected chi connectivity index (χ0v) is 9.76. The van der Waals surface area contributed by atoms with Crippen molar-refractivity contribution >= 4 is 18.3 Å². The molecule has 0 radical (unpaired) electrons. The molecule has 0 saturated heterocycles. The van der Waals surface area contributed by atoms with Crippen LogP contribution in [0.4, 0.5) is 0 Å². The van der Waals surface area contributed by atoms with Gasteiger partial charge < -0.3 is 10.4 Å². The number of carbonyl (C=O) groups is 1. The molecule has 1 heterocycles. The number of rotatable bonds is 1. The van der Waals surface area contributed by atoms with Gasteiger partial charge >= 0.3 is 0 Å². The van der Waals surface area contributed by atoms with Crippen LogP contribution < -0.4 is 5.32 Å². The van der Waals surface area contributed by atoms with Crippen LogP contribution in [0, 0.1) is 0 Å². The van der Waals surface area contributed by atoms with Crippen LogP contribution in [0.3, 0.4) is 0 Å². The van der Waals surface area contributed by atoms with Gasteiger partial charge in [0.05, 0.1) is 0 Å². The predicted molar refractivity (Wildman–Crippen MR) is 60.4 cm³/mol. The highest BCUT2D eigenvalue weighted by molar-refractivity contribution is 5.95. The number of amides is 1. The van der Waals surface area contributed by atoms with Crippen LogP contribution in [0.15, 0.2) is 18.3 Å². The van der Waals surface area contributed by atoms with Gasteiger partial charge in [-0.25, -0.2) is 4.98 Å². The Morgan fingerprint density at radius 2 is 2.07 bits per heavy atom. The monoisotopic (exact) mass is 230 g/mol. The maximum Gasteiger partial charge on any atom is 0.274 e. The molecule has 5 heteroatoms. The lowest BCUT2D eigenvalue weighted by atomic mass is 10.1. The first kappa shape index (κ1) is 13.7. The van der Waals surface area contributed by atoms with Crippen molar-refractivity contribution in [2.45, 2.75) is 26.3 Å². The second-order valence-electron chi connectivity index (χ2n) is 4.08. The van der Waals surface area contributed by atoms with Crippen molar-refractivity contribution in [2.75, 3.05) is 0 Å². The van der Waals surface area contributed by atoms with Gasteiger partial charge in [-0.05, 0) is 32.9 Å². The van der Waals surface area contributed by atoms with Crippen molar-refractivity contribution < 1.29 is 9.90 Å². The van der Waals surface area contributed by atoms with Gasteiger partial charge in [-0.15, -0.1) is 12.4 Å². The molecule has 1 rings (SSSR count). The molecule has 0 aliphatic rings. The summed E-state index contributed by atoms with van der Waals surface area (Å²) in [5.74, 6) is -0.468. The second kappa shape index (κ2) is 4.98. The Hall–Kier alpha value is -1.29. The fourth-order valence-corrected chi connectivity index (χ4v) is 0.972. The van der Waals surface area contributed by atoms with Crippen molar-refractivity contribution in [1.29, 1.82) is 0 Å². The van der Waals surface area contributed by atoms with Gasteiger partial charge in [-0.3, -0.25) is 4.79 Å². The molecule has 2 N–H and O–H groups in total. The van der Waals surface area contributed by atoms with E-state index in [9.17, 15) is 9.90 Å². The summed E-state index contributed by atoms with van der Waals surface area (Å²) < 4.78 is 0. The van der Waals surface area contributed by atoms with E-state index < -0.39 is 0 Å². The normalized spacial score (nSPS) is 10.3. The summed E-state index contributed by atoms with van der Waals surface area (Å²) in [5.41, 5.74) is -0.274. The number of aromatic nitrogens is 1. The average Bonchev–Trinajstić information content (AvgIpc) is 2.01. The quantitative estimate of drug-likeness (QED) is 0.773. The van der Waals surface area contributed by atoms with Crippen LogP contribution in [0.1, 0.15) is 31.3 Å². The zero-order chi connectivity index (χ0) is 10.8. The molecule has 0 aromatic carbocycles. The number of hydrogen-bond acceptors (Lipinski definition) is 3. The predicted octanol–water partition coefficient (Wildman–Crippen LogP) is 1.74. The second-order valence-corrected chi connectivity index (χ2v) is 4.08. The molecule has 0 aliphatic carbocycles. The van der Waals surface area contributed by atoms with Crippen molar-refractivity contribution in [3.63, 3.8) is 0 Å². The number of hydrogen-bond donors (Lipinski definition) is 2. The molecule has 0 spiro atoms. The van der Waals surface area contributed by atoms with Crippen molar-refractivity contribution in [3.8, 4) is 5.75 Å². The lowest BCUT2D eigenvalue weighted by Crippen LogP contribution is -2.40. The third kappa shape index (κ3) is 4.16. The Balaban J connectivity index is 0.00000196. The first-order valence-electron chi connectivity index (χ1n) is 4.36. The van der Waals surface area contributed by atoms with Gasteiger partial charge in [0, 0.05) is 11.7 Å². The van der Waals surface area contributed by atoms with E-state index in [1.807, 2.05) is 20.8 Å². The number of carbonyl (C=O) groups excluding carboxylic acids is 1. The standard InChI is InChI=1S/C10H14N2O2.ClH/c1-10(2,3)12-9(14)8-7(13)5-4-6-11-8;/h4-6,13H,1-3H3,(H,12,14);1H. The van der Waals surface area contributed by atoms with Gasteiger partial charge in [0.25, 0.3) is 5.91 Å². The minimum atomic E-state index is -0.365. The van der Waals surface area contributed by atoms with Crippen LogP contribution in [-0.4, -0.2) is 21.5 Å². The summed E-state index contributed by atoms with van der Waals surface area (Å²) in [7, 11) is 0. The van der Waals surface area contributed by atoms with Crippen LogP contribution in [-0.2, 0) is 0 Å². The lowest BCUT2D eigenvalue weighted by Gasteiger charge is -2.20. The van der Waals surface area contributed by atoms with E-state index in [0.29, 0.717) is 0 Å². The van der Waals surface area contributed by atoms with Gasteiger partial charge in [-0.1, -0.05) is 0 Å². The van der Waals surface area contributed by atoms with E-state index >= 15 is 0 Å². The smallest absolute Gasteiger partial charge is 0.274 e. The highest BCUT2D eigenvalue weighted by Crippen LogP contribution is 2.13. The average molecular weight is 231 g/mol. The van der Waals surface area contributed by atoms with Crippen LogP contribution in [0.2, 0.25) is 0 Å². The van der Waals surface area contributed by atoms with Crippen molar-refractivity contribution in [3.05, 3.63) is 24.0 Å². The molecule has 0 bridgehead atoms. The SMILES string of the molecule is CC(C)(C)NC(=O)c1ncccc1O.Cl. The molecule has 1 aromatic heterocycles. The largest absolute Gasteiger partial charge is 0.505 e. The Kier molecular flexibility index (Phi) is 4.55. The number of nitrogens with one attached hydrogen (secondary N) is 1. The molecule has 1 amide bonds. The molecule has 0 unspecified atom stereocenters. The van der Waals surface area contributed by atoms with Gasteiger partial charge in [0.1, 0.15) is 5.75 Å². The Labute approximate surface area is 95.1 Å². The van der Waals surface area contributed by atoms with Crippen molar-refractivity contribution in [1.82, 2.24) is 10.3 Å². The topological polar surface area (TPSA) is 62.2 Å². The van der Waals surface area contributed by atoms with Crippen LogP contribution in [0.25, 0.3) is 0 Å². The Morgan fingerprint density at radius 1 is 1.47 bits per heavy atom. The van der Waals surface area contributed by atoms with E-state index in [2.05, 4.69) is 10.3 Å². The first-order valence-corrected chi connectivity index (χ1v) is 4.36. The Morgan fingerprint density at radius 3 is 2.53 bits per heavy atom. The Bertz CT molecular complexity index is 348. The third-order valence-electron chi connectivity index (χ3n) is 1.49. The van der Waals surface area contributed by atoms with Crippen LogP contribution >= 0.6 is 12.4 Å². The van der Waals surface area contributed by atoms with Crippen LogP contribution in [0.5, 0.6) is 5.75 Å². The molecule has 0 aliphatic heterocycles. The highest BCUT2D eigenvalue weighted by Gasteiger charge is 2.18. The number of halogens is 1. The summed E-state index contributed by atoms with van der Waals surface area (Å²) in [5, 5.41) is 12.1. The van der Waals surface area contributed by atoms with E-state index in [1.165, 1.54) is 12.3 Å². The number of aromatic hydroxyl groups is 1. The van der Waals surface area contributed by atoms with E-state index in [4.69, 9.17) is 0 Å². The van der Waals surface area contributed by atoms with E-state index in [-0.39, 0.29) is 35.3 Å². The fraction of sp³-hybridized carbons (Fsp3) is 0.400. The number of nitrogens with zero attached hydrogens (tertiary/aromatic N) is 1. The fourth-order valence-electron chi connectivity index (χ4n) is 0.972. The van der Waals surface area contributed by atoms with E-state index in [0.717, 1.165) is 0 Å². The maximum atomic E-state index is 11.5. The lowest BCUT2D eigenvalue weighted by molar-refractivity contribution is 0.0911. The zero-order valence-electron chi connectivity index (χ0n) is 8.94. The maximum absolute atomic E-state index is 11.5. The molecule has 0 saturated carbocycles. The highest BCUT2D eigenvalue weighted by atomic mass is 35.5. The molecular formula is C10H15ClN2O2. The third-order valence-corrected chi connectivity index (χ3v) is 1.49. The minimum Gasteiger partial charge on any atom is -0.505 e. The summed E-state index contributed by atoms with van der Waals surface area (Å²) in [6, 6.07) is 3.01. The van der Waals surface area contributed by atoms with Crippen molar-refractivity contribution in [2.24, 2.45) is 0 Å². The minimum absolute atomic E-state index is 0. The molecule has 84 valence electrons. The first-order chi connectivity index (χ1) is 6.40. The van der Waals surface area contributed by atoms with Gasteiger partial charge in [-0.2, -0.15) is 0 Å². The molecule has 0 atom stereocenters. The molecule has 4 nitrogen and oxygen atoms in total. The van der Waals surface area contributed by atoms with Gasteiger partial charge in [0.15, 0.2) is 5.69 Å². The number of pyridine rings is 1. The summed E-state index contributed by atoms with van der Waals surface area (Å²) in [6.07, 6.45) is 1.47. The summed E-state index contributed by atoms with van der Waals surface area (Å²) in [6.45, 7) is 5.60. The molecule has 15 heavy (non-hydrogen) atoms. The summed E-state index contributed by atoms with van der Waals surface area (Å²) in [4.78, 5) is 15.3.